The molecule has 20 heavy (non-hydrogen) atoms. The van der Waals surface area contributed by atoms with E-state index < -0.39 is 11.5 Å². The lowest BCUT2D eigenvalue weighted by Gasteiger charge is -2.62. The predicted octanol–water partition coefficient (Wildman–Crippen LogP) is 2.75. The Morgan fingerprint density at radius 3 is 2.50 bits per heavy atom. The fraction of sp³-hybridized carbons (Fsp3) is 0.882. The van der Waals surface area contributed by atoms with E-state index in [1.807, 2.05) is 6.92 Å². The highest BCUT2D eigenvalue weighted by molar-refractivity contribution is 5.88. The highest BCUT2D eigenvalue weighted by atomic mass is 16.3. The molecule has 0 radical (unpaired) electrons. The molecule has 0 aromatic carbocycles. The van der Waals surface area contributed by atoms with Crippen LogP contribution in [0.15, 0.2) is 0 Å². The SMILES string of the molecule is CC1(C=O)C(O)CCC2(C)C1CCC1CCC(=O)C12C. The summed E-state index contributed by atoms with van der Waals surface area (Å²) in [4.78, 5) is 24.3. The first-order valence-corrected chi connectivity index (χ1v) is 7.98. The van der Waals surface area contributed by atoms with Crippen LogP contribution in [0, 0.1) is 28.1 Å². The quantitative estimate of drug-likeness (QED) is 0.750. The van der Waals surface area contributed by atoms with Gasteiger partial charge in [-0.05, 0) is 49.4 Å². The number of aliphatic hydroxyl groups excluding tert-OH is 1. The van der Waals surface area contributed by atoms with E-state index in [4.69, 9.17) is 0 Å². The van der Waals surface area contributed by atoms with E-state index in [2.05, 4.69) is 13.8 Å². The van der Waals surface area contributed by atoms with Gasteiger partial charge in [0.15, 0.2) is 0 Å². The van der Waals surface area contributed by atoms with Gasteiger partial charge >= 0.3 is 0 Å². The Bertz CT molecular complexity index is 459. The van der Waals surface area contributed by atoms with E-state index in [1.165, 1.54) is 0 Å². The molecule has 3 rings (SSSR count). The molecule has 112 valence electrons. The van der Waals surface area contributed by atoms with Crippen LogP contribution in [-0.2, 0) is 9.59 Å². The summed E-state index contributed by atoms with van der Waals surface area (Å²) >= 11 is 0. The van der Waals surface area contributed by atoms with Gasteiger partial charge in [0.2, 0.25) is 0 Å². The van der Waals surface area contributed by atoms with Crippen molar-refractivity contribution in [3.05, 3.63) is 0 Å². The van der Waals surface area contributed by atoms with Gasteiger partial charge in [-0.15, -0.1) is 0 Å². The number of hydrogen-bond acceptors (Lipinski definition) is 3. The third kappa shape index (κ3) is 1.40. The van der Waals surface area contributed by atoms with Crippen LogP contribution in [0.3, 0.4) is 0 Å². The lowest BCUT2D eigenvalue weighted by molar-refractivity contribution is -0.186. The van der Waals surface area contributed by atoms with Crippen molar-refractivity contribution in [3.8, 4) is 0 Å². The molecule has 0 saturated heterocycles. The zero-order valence-corrected chi connectivity index (χ0v) is 12.8. The van der Waals surface area contributed by atoms with Crippen molar-refractivity contribution in [2.75, 3.05) is 0 Å². The van der Waals surface area contributed by atoms with Crippen LogP contribution in [0.5, 0.6) is 0 Å². The number of aliphatic hydroxyl groups is 1. The molecule has 6 atom stereocenters. The van der Waals surface area contributed by atoms with Crippen molar-refractivity contribution >= 4 is 12.1 Å². The van der Waals surface area contributed by atoms with E-state index in [9.17, 15) is 14.7 Å². The molecular weight excluding hydrogens is 252 g/mol. The van der Waals surface area contributed by atoms with E-state index in [1.54, 1.807) is 0 Å². The predicted molar refractivity (Wildman–Crippen MR) is 76.1 cm³/mol. The molecule has 6 unspecified atom stereocenters. The average Bonchev–Trinajstić information content (AvgIpc) is 2.73. The summed E-state index contributed by atoms with van der Waals surface area (Å²) in [6.45, 7) is 6.25. The van der Waals surface area contributed by atoms with Crippen molar-refractivity contribution in [2.45, 2.75) is 65.4 Å². The van der Waals surface area contributed by atoms with E-state index in [-0.39, 0.29) is 16.7 Å². The van der Waals surface area contributed by atoms with Crippen LogP contribution < -0.4 is 0 Å². The van der Waals surface area contributed by atoms with Gasteiger partial charge in [-0.25, -0.2) is 0 Å². The van der Waals surface area contributed by atoms with Gasteiger partial charge in [0, 0.05) is 11.8 Å². The third-order valence-electron chi connectivity index (χ3n) is 7.53. The van der Waals surface area contributed by atoms with Crippen molar-refractivity contribution in [1.29, 1.82) is 0 Å². The van der Waals surface area contributed by atoms with E-state index in [0.717, 1.165) is 32.0 Å². The molecule has 0 aromatic rings. The van der Waals surface area contributed by atoms with Crippen LogP contribution in [0.4, 0.5) is 0 Å². The van der Waals surface area contributed by atoms with Gasteiger partial charge in [-0.2, -0.15) is 0 Å². The standard InChI is InChI=1S/C17H26O3/c1-15(10-18)12-6-4-11-5-7-14(20)17(11,3)16(12,2)9-8-13(15)19/h10-13,19H,4-9H2,1-3H3. The van der Waals surface area contributed by atoms with Gasteiger partial charge in [0.05, 0.1) is 11.5 Å². The Kier molecular flexibility index (Phi) is 2.96. The summed E-state index contributed by atoms with van der Waals surface area (Å²) in [7, 11) is 0. The summed E-state index contributed by atoms with van der Waals surface area (Å²) in [5.41, 5.74) is -1.12. The summed E-state index contributed by atoms with van der Waals surface area (Å²) in [6, 6.07) is 0. The number of ketones is 1. The van der Waals surface area contributed by atoms with Crippen LogP contribution in [0.1, 0.15) is 59.3 Å². The molecule has 3 fully saturated rings. The Hall–Kier alpha value is -0.700. The van der Waals surface area contributed by atoms with Crippen molar-refractivity contribution in [1.82, 2.24) is 0 Å². The van der Waals surface area contributed by atoms with Gasteiger partial charge in [-0.1, -0.05) is 20.8 Å². The second-order valence-corrected chi connectivity index (χ2v) is 7.95. The molecule has 3 saturated carbocycles. The number of hydrogen-bond donors (Lipinski definition) is 1. The van der Waals surface area contributed by atoms with Crippen LogP contribution >= 0.6 is 0 Å². The maximum atomic E-state index is 12.6. The molecular formula is C17H26O3. The molecule has 0 heterocycles. The highest BCUT2D eigenvalue weighted by Crippen LogP contribution is 2.68. The smallest absolute Gasteiger partial charge is 0.139 e. The lowest BCUT2D eigenvalue weighted by atomic mass is 9.41. The van der Waals surface area contributed by atoms with Gasteiger partial charge in [-0.3, -0.25) is 4.79 Å². The minimum atomic E-state index is -0.691. The molecule has 3 nitrogen and oxygen atoms in total. The Morgan fingerprint density at radius 1 is 1.15 bits per heavy atom. The Balaban J connectivity index is 2.10. The van der Waals surface area contributed by atoms with Gasteiger partial charge in [0.1, 0.15) is 12.1 Å². The number of carbonyl (C=O) groups excluding carboxylic acids is 2. The highest BCUT2D eigenvalue weighted by Gasteiger charge is 2.67. The third-order valence-corrected chi connectivity index (χ3v) is 7.53. The zero-order chi connectivity index (χ0) is 14.8. The second kappa shape index (κ2) is 4.16. The summed E-state index contributed by atoms with van der Waals surface area (Å²) in [5.74, 6) is 0.987. The number of aldehydes is 1. The number of rotatable bonds is 1. The Labute approximate surface area is 121 Å². The molecule has 0 bridgehead atoms. The van der Waals surface area contributed by atoms with Gasteiger partial charge < -0.3 is 9.90 Å². The molecule has 0 aliphatic heterocycles. The minimum Gasteiger partial charge on any atom is -0.392 e. The molecule has 3 aliphatic rings. The first-order chi connectivity index (χ1) is 9.30. The fourth-order valence-corrected chi connectivity index (χ4v) is 5.92. The van der Waals surface area contributed by atoms with Crippen LogP contribution in [0.2, 0.25) is 0 Å². The molecule has 3 heteroatoms. The summed E-state index contributed by atoms with van der Waals surface area (Å²) in [6.07, 6.45) is 5.60. The first kappa shape index (κ1) is 14.2. The maximum absolute atomic E-state index is 12.6. The maximum Gasteiger partial charge on any atom is 0.139 e. The van der Waals surface area contributed by atoms with E-state index in [0.29, 0.717) is 24.5 Å². The summed E-state index contributed by atoms with van der Waals surface area (Å²) in [5, 5.41) is 10.4. The van der Waals surface area contributed by atoms with Crippen LogP contribution in [-0.4, -0.2) is 23.3 Å². The zero-order valence-electron chi connectivity index (χ0n) is 12.8. The minimum absolute atomic E-state index is 0.125. The molecule has 0 aromatic heterocycles. The van der Waals surface area contributed by atoms with E-state index >= 15 is 0 Å². The van der Waals surface area contributed by atoms with Crippen molar-refractivity contribution in [3.63, 3.8) is 0 Å². The van der Waals surface area contributed by atoms with Crippen LogP contribution in [0.25, 0.3) is 0 Å². The molecule has 1 N–H and O–H groups in total. The molecule has 0 spiro atoms. The molecule has 3 aliphatic carbocycles. The topological polar surface area (TPSA) is 54.4 Å². The summed E-state index contributed by atoms with van der Waals surface area (Å²) < 4.78 is 0. The average molecular weight is 278 g/mol. The van der Waals surface area contributed by atoms with Gasteiger partial charge in [0.25, 0.3) is 0 Å². The normalized spacial score (nSPS) is 55.2. The lowest BCUT2D eigenvalue weighted by Crippen LogP contribution is -2.62. The van der Waals surface area contributed by atoms with Crippen molar-refractivity contribution in [2.24, 2.45) is 28.1 Å². The molecule has 0 amide bonds. The van der Waals surface area contributed by atoms with Crippen molar-refractivity contribution < 1.29 is 14.7 Å². The number of Topliss-reactive ketones (excluding diaryl/α,β-unsaturated/α-hetero) is 1. The fourth-order valence-electron chi connectivity index (χ4n) is 5.92. The first-order valence-electron chi connectivity index (χ1n) is 7.98. The number of fused-ring (bicyclic) bond motifs is 3. The number of carbonyl (C=O) groups is 2. The Morgan fingerprint density at radius 2 is 1.85 bits per heavy atom. The largest absolute Gasteiger partial charge is 0.392 e. The monoisotopic (exact) mass is 278 g/mol. The second-order valence-electron chi connectivity index (χ2n) is 7.95.